The number of hydrogen-bond donors (Lipinski definition) is 0. The maximum Gasteiger partial charge on any atom is 0.0714 e. The molecule has 0 fully saturated rings. The summed E-state index contributed by atoms with van der Waals surface area (Å²) in [5.74, 6) is 0. The highest BCUT2D eigenvalue weighted by molar-refractivity contribution is 6.14. The van der Waals surface area contributed by atoms with Crippen molar-refractivity contribution in [2.24, 2.45) is 0 Å². The molecule has 11 aromatic carbocycles. The molecule has 0 spiro atoms. The van der Waals surface area contributed by atoms with Crippen LogP contribution in [-0.2, 0) is 5.41 Å². The van der Waals surface area contributed by atoms with Crippen molar-refractivity contribution in [3.63, 3.8) is 0 Å². The first-order valence-electron chi connectivity index (χ1n) is 24.2. The van der Waals surface area contributed by atoms with E-state index in [0.717, 1.165) is 39.6 Å². The SMILES string of the molecule is c1ccc(N(c2cc(-c3cccc4c5ccccc5n(-c5ccccc5)c34)cc(-n3c4ccccc4c4ccccc43)c2)c2ccc3c(c2)C(c2ccccc2)(c2ccccc2)c2ccccc2-3)cc1. The first-order valence-corrected chi connectivity index (χ1v) is 24.2. The van der Waals surface area contributed by atoms with Crippen LogP contribution in [0.3, 0.4) is 0 Å². The average Bonchev–Trinajstić information content (AvgIpc) is 4.06. The summed E-state index contributed by atoms with van der Waals surface area (Å²) in [5, 5.41) is 4.91. The van der Waals surface area contributed by atoms with Gasteiger partial charge in [-0.3, -0.25) is 0 Å². The van der Waals surface area contributed by atoms with Crippen LogP contribution in [0.25, 0.3) is 77.2 Å². The molecular formula is C67H45N3. The van der Waals surface area contributed by atoms with Crippen LogP contribution < -0.4 is 4.90 Å². The maximum atomic E-state index is 2.48. The van der Waals surface area contributed by atoms with E-state index in [4.69, 9.17) is 0 Å². The lowest BCUT2D eigenvalue weighted by Crippen LogP contribution is -2.28. The zero-order valence-corrected chi connectivity index (χ0v) is 38.3. The van der Waals surface area contributed by atoms with E-state index >= 15 is 0 Å². The summed E-state index contributed by atoms with van der Waals surface area (Å²) in [6.07, 6.45) is 0. The Morgan fingerprint density at radius 3 is 1.44 bits per heavy atom. The number of hydrogen-bond acceptors (Lipinski definition) is 1. The number of rotatable bonds is 8. The van der Waals surface area contributed by atoms with Gasteiger partial charge in [0.15, 0.2) is 0 Å². The second-order valence-corrected chi connectivity index (χ2v) is 18.4. The first kappa shape index (κ1) is 39.9. The smallest absolute Gasteiger partial charge is 0.0714 e. The highest BCUT2D eigenvalue weighted by Gasteiger charge is 2.46. The third kappa shape index (κ3) is 5.95. The lowest BCUT2D eigenvalue weighted by atomic mass is 9.67. The molecule has 14 rings (SSSR count). The number of para-hydroxylation sites is 6. The van der Waals surface area contributed by atoms with Gasteiger partial charge in [-0.2, -0.15) is 0 Å². The molecule has 0 aliphatic heterocycles. The summed E-state index contributed by atoms with van der Waals surface area (Å²) in [7, 11) is 0. The fourth-order valence-electron chi connectivity index (χ4n) is 11.9. The van der Waals surface area contributed by atoms with Gasteiger partial charge in [0.2, 0.25) is 0 Å². The van der Waals surface area contributed by atoms with Crippen molar-refractivity contribution >= 4 is 60.7 Å². The Balaban J connectivity index is 1.08. The van der Waals surface area contributed by atoms with E-state index in [0.29, 0.717) is 0 Å². The normalized spacial score (nSPS) is 12.7. The third-order valence-electron chi connectivity index (χ3n) is 14.7. The number of aromatic nitrogens is 2. The Morgan fingerprint density at radius 2 is 0.786 bits per heavy atom. The van der Waals surface area contributed by atoms with Crippen LogP contribution in [0.4, 0.5) is 17.1 Å². The largest absolute Gasteiger partial charge is 0.310 e. The Kier molecular flexibility index (Phi) is 9.11. The Labute approximate surface area is 407 Å². The molecule has 0 saturated heterocycles. The van der Waals surface area contributed by atoms with E-state index in [1.54, 1.807) is 0 Å². The monoisotopic (exact) mass is 891 g/mol. The molecule has 3 nitrogen and oxygen atoms in total. The zero-order valence-electron chi connectivity index (χ0n) is 38.3. The van der Waals surface area contributed by atoms with Crippen LogP contribution in [0.2, 0.25) is 0 Å². The van der Waals surface area contributed by atoms with Crippen LogP contribution in [-0.4, -0.2) is 9.13 Å². The van der Waals surface area contributed by atoms with Gasteiger partial charge in [0.05, 0.1) is 27.5 Å². The number of nitrogens with zero attached hydrogens (tertiary/aromatic N) is 3. The first-order chi connectivity index (χ1) is 34.8. The van der Waals surface area contributed by atoms with Crippen molar-refractivity contribution in [1.29, 1.82) is 0 Å². The van der Waals surface area contributed by atoms with E-state index in [-0.39, 0.29) is 0 Å². The van der Waals surface area contributed by atoms with Gasteiger partial charge in [0.1, 0.15) is 0 Å². The average molecular weight is 892 g/mol. The van der Waals surface area contributed by atoms with Crippen LogP contribution >= 0.6 is 0 Å². The third-order valence-corrected chi connectivity index (χ3v) is 14.7. The van der Waals surface area contributed by atoms with Crippen LogP contribution in [0.5, 0.6) is 0 Å². The Morgan fingerprint density at radius 1 is 0.286 bits per heavy atom. The van der Waals surface area contributed by atoms with Crippen molar-refractivity contribution in [2.75, 3.05) is 4.90 Å². The molecule has 0 amide bonds. The summed E-state index contributed by atoms with van der Waals surface area (Å²) >= 11 is 0. The van der Waals surface area contributed by atoms with Crippen molar-refractivity contribution in [2.45, 2.75) is 5.41 Å². The lowest BCUT2D eigenvalue weighted by Gasteiger charge is -2.35. The minimum atomic E-state index is -0.552. The number of benzene rings is 11. The van der Waals surface area contributed by atoms with Gasteiger partial charge in [-0.05, 0) is 112 Å². The standard InChI is InChI=1S/C67H45N3/c1-5-22-47(23-6-1)67(48-24-7-2-8-25-48)61-36-17-13-30-55(61)56-41-40-51(45-62(56)67)68(49-26-9-3-10-27-49)52-42-46(43-53(44-52)69-63-37-18-14-31-57(63)58-32-15-19-38-64(58)69)54-34-21-35-60-59-33-16-20-39-65(59)70(66(54)60)50-28-11-4-12-29-50/h1-45H. The molecule has 1 aliphatic rings. The zero-order chi connectivity index (χ0) is 46.2. The molecule has 0 bridgehead atoms. The molecule has 0 radical (unpaired) electrons. The molecule has 1 aliphatic carbocycles. The topological polar surface area (TPSA) is 13.1 Å². The van der Waals surface area contributed by atoms with Crippen molar-refractivity contribution in [3.05, 3.63) is 295 Å². The summed E-state index contributed by atoms with van der Waals surface area (Å²) in [6, 6.07) is 101. The molecule has 0 atom stereocenters. The molecule has 0 saturated carbocycles. The van der Waals surface area contributed by atoms with Gasteiger partial charge in [-0.15, -0.1) is 0 Å². The fraction of sp³-hybridized carbons (Fsp3) is 0.0149. The molecule has 2 heterocycles. The fourth-order valence-corrected chi connectivity index (χ4v) is 11.9. The molecule has 70 heavy (non-hydrogen) atoms. The molecular weight excluding hydrogens is 847 g/mol. The molecule has 0 N–H and O–H groups in total. The second kappa shape index (κ2) is 16.0. The number of anilines is 3. The van der Waals surface area contributed by atoms with Crippen molar-refractivity contribution in [1.82, 2.24) is 9.13 Å². The van der Waals surface area contributed by atoms with Gasteiger partial charge in [-0.1, -0.05) is 200 Å². The van der Waals surface area contributed by atoms with E-state index in [1.807, 2.05) is 0 Å². The van der Waals surface area contributed by atoms with Gasteiger partial charge in [0, 0.05) is 55.5 Å². The predicted molar refractivity (Wildman–Crippen MR) is 293 cm³/mol. The predicted octanol–water partition coefficient (Wildman–Crippen LogP) is 17.4. The van der Waals surface area contributed by atoms with Gasteiger partial charge >= 0.3 is 0 Å². The molecule has 13 aromatic rings. The second-order valence-electron chi connectivity index (χ2n) is 18.4. The molecule has 0 unspecified atom stereocenters. The minimum absolute atomic E-state index is 0.552. The van der Waals surface area contributed by atoms with Crippen molar-refractivity contribution < 1.29 is 0 Å². The van der Waals surface area contributed by atoms with Gasteiger partial charge < -0.3 is 14.0 Å². The molecule has 328 valence electrons. The van der Waals surface area contributed by atoms with E-state index < -0.39 is 5.41 Å². The Bertz CT molecular complexity index is 4020. The summed E-state index contributed by atoms with van der Waals surface area (Å²) in [4.78, 5) is 2.47. The number of fused-ring (bicyclic) bond motifs is 9. The highest BCUT2D eigenvalue weighted by atomic mass is 15.1. The van der Waals surface area contributed by atoms with E-state index in [2.05, 4.69) is 287 Å². The van der Waals surface area contributed by atoms with Gasteiger partial charge in [-0.25, -0.2) is 0 Å². The maximum absolute atomic E-state index is 2.48. The highest BCUT2D eigenvalue weighted by Crippen LogP contribution is 2.57. The molecule has 2 aromatic heterocycles. The summed E-state index contributed by atoms with van der Waals surface area (Å²) in [6.45, 7) is 0. The molecule has 3 heteroatoms. The summed E-state index contributed by atoms with van der Waals surface area (Å²) < 4.78 is 4.91. The van der Waals surface area contributed by atoms with E-state index in [9.17, 15) is 0 Å². The lowest BCUT2D eigenvalue weighted by molar-refractivity contribution is 0.768. The van der Waals surface area contributed by atoms with E-state index in [1.165, 1.54) is 77.0 Å². The van der Waals surface area contributed by atoms with Crippen LogP contribution in [0.15, 0.2) is 273 Å². The van der Waals surface area contributed by atoms with Crippen LogP contribution in [0.1, 0.15) is 22.3 Å². The Hall–Kier alpha value is -9.18. The summed E-state index contributed by atoms with van der Waals surface area (Å²) in [5.41, 5.74) is 19.4. The van der Waals surface area contributed by atoms with Crippen molar-refractivity contribution in [3.8, 4) is 33.6 Å². The van der Waals surface area contributed by atoms with Gasteiger partial charge in [0.25, 0.3) is 0 Å². The quantitative estimate of drug-likeness (QED) is 0.148. The van der Waals surface area contributed by atoms with Crippen LogP contribution in [0, 0.1) is 0 Å². The minimum Gasteiger partial charge on any atom is -0.310 e.